The van der Waals surface area contributed by atoms with Crippen molar-refractivity contribution in [1.29, 1.82) is 0 Å². The molecule has 1 heterocycles. The van der Waals surface area contributed by atoms with Gasteiger partial charge in [-0.25, -0.2) is 0 Å². The molecule has 0 aromatic heterocycles. The summed E-state index contributed by atoms with van der Waals surface area (Å²) in [5.74, 6) is -0.400. The van der Waals surface area contributed by atoms with Gasteiger partial charge in [-0.05, 0) is 13.0 Å². The Bertz CT molecular complexity index is 348. The number of thiocarbonyl (C=S) groups is 1. The molecule has 0 bridgehead atoms. The van der Waals surface area contributed by atoms with Crippen molar-refractivity contribution in [3.05, 3.63) is 0 Å². The van der Waals surface area contributed by atoms with Crippen molar-refractivity contribution in [3.8, 4) is 0 Å². The fraction of sp³-hybridized carbons (Fsp3) is 0.727. The molecule has 7 heteroatoms. The van der Waals surface area contributed by atoms with Crippen LogP contribution in [-0.2, 0) is 9.59 Å². The molecule has 0 saturated carbocycles. The lowest BCUT2D eigenvalue weighted by Gasteiger charge is -2.21. The van der Waals surface area contributed by atoms with Crippen molar-refractivity contribution in [3.63, 3.8) is 0 Å². The minimum absolute atomic E-state index is 0.0105. The van der Waals surface area contributed by atoms with Gasteiger partial charge in [-0.3, -0.25) is 14.5 Å². The van der Waals surface area contributed by atoms with Crippen LogP contribution in [-0.4, -0.2) is 59.8 Å². The van der Waals surface area contributed by atoms with E-state index < -0.39 is 0 Å². The summed E-state index contributed by atoms with van der Waals surface area (Å²) in [7, 11) is 1.72. The summed E-state index contributed by atoms with van der Waals surface area (Å²) in [5, 5.41) is 0. The molecule has 0 aliphatic carbocycles. The Hall–Kier alpha value is -1.21. The van der Waals surface area contributed by atoms with Crippen molar-refractivity contribution in [1.82, 2.24) is 9.80 Å². The zero-order valence-electron chi connectivity index (χ0n) is 10.6. The average Bonchev–Trinajstić information content (AvgIpc) is 2.74. The average molecular weight is 272 g/mol. The summed E-state index contributed by atoms with van der Waals surface area (Å²) in [5.41, 5.74) is 10.6. The number of rotatable bonds is 6. The normalized spacial score (nSPS) is 19.7. The zero-order valence-corrected chi connectivity index (χ0v) is 11.4. The van der Waals surface area contributed by atoms with Gasteiger partial charge in [0.15, 0.2) is 0 Å². The molecule has 1 saturated heterocycles. The SMILES string of the molecule is CN(CCC(N)=S)C(=O)CN1CCC(C(N)=O)C1. The molecule has 1 aliphatic heterocycles. The number of carbonyl (C=O) groups excluding carboxylic acids is 2. The van der Waals surface area contributed by atoms with E-state index in [4.69, 9.17) is 23.7 Å². The van der Waals surface area contributed by atoms with Gasteiger partial charge < -0.3 is 16.4 Å². The molecule has 1 unspecified atom stereocenters. The Kier molecular flexibility index (Phi) is 5.49. The Balaban J connectivity index is 2.32. The van der Waals surface area contributed by atoms with Gasteiger partial charge in [0.1, 0.15) is 0 Å². The van der Waals surface area contributed by atoms with Gasteiger partial charge in [0.2, 0.25) is 11.8 Å². The Morgan fingerprint density at radius 2 is 2.11 bits per heavy atom. The number of carbonyl (C=O) groups is 2. The number of likely N-dealkylation sites (tertiary alicyclic amines) is 1. The van der Waals surface area contributed by atoms with Crippen LogP contribution >= 0.6 is 12.2 Å². The Morgan fingerprint density at radius 3 is 2.61 bits per heavy atom. The van der Waals surface area contributed by atoms with Gasteiger partial charge >= 0.3 is 0 Å². The van der Waals surface area contributed by atoms with E-state index in [-0.39, 0.29) is 17.7 Å². The number of hydrogen-bond donors (Lipinski definition) is 2. The van der Waals surface area contributed by atoms with E-state index in [0.29, 0.717) is 31.0 Å². The summed E-state index contributed by atoms with van der Waals surface area (Å²) >= 11 is 4.77. The van der Waals surface area contributed by atoms with E-state index in [1.807, 2.05) is 4.90 Å². The lowest BCUT2D eigenvalue weighted by atomic mass is 10.1. The van der Waals surface area contributed by atoms with E-state index in [9.17, 15) is 9.59 Å². The summed E-state index contributed by atoms with van der Waals surface area (Å²) in [6.07, 6.45) is 1.26. The van der Waals surface area contributed by atoms with E-state index >= 15 is 0 Å². The smallest absolute Gasteiger partial charge is 0.236 e. The first-order chi connectivity index (χ1) is 8.40. The summed E-state index contributed by atoms with van der Waals surface area (Å²) in [6, 6.07) is 0. The number of amides is 2. The van der Waals surface area contributed by atoms with Crippen molar-refractivity contribution >= 4 is 29.0 Å². The predicted octanol–water partition coefficient (Wildman–Crippen LogP) is -1.07. The standard InChI is InChI=1S/C11H20N4O2S/c1-14(4-3-9(12)18)10(16)7-15-5-2-8(6-15)11(13)17/h8H,2-7H2,1H3,(H2,12,18)(H2,13,17). The minimum Gasteiger partial charge on any atom is -0.393 e. The van der Waals surface area contributed by atoms with Crippen LogP contribution in [0, 0.1) is 5.92 Å². The third-order valence-electron chi connectivity index (χ3n) is 3.15. The molecule has 0 aromatic carbocycles. The van der Waals surface area contributed by atoms with Gasteiger partial charge in [0.05, 0.1) is 17.5 Å². The first kappa shape index (κ1) is 14.8. The molecule has 1 fully saturated rings. The lowest BCUT2D eigenvalue weighted by molar-refractivity contribution is -0.131. The van der Waals surface area contributed by atoms with Crippen LogP contribution in [0.25, 0.3) is 0 Å². The maximum Gasteiger partial charge on any atom is 0.236 e. The van der Waals surface area contributed by atoms with E-state index in [2.05, 4.69) is 0 Å². The predicted molar refractivity (Wildman–Crippen MR) is 72.8 cm³/mol. The summed E-state index contributed by atoms with van der Waals surface area (Å²) in [6.45, 7) is 2.16. The van der Waals surface area contributed by atoms with Crippen LogP contribution in [0.3, 0.4) is 0 Å². The van der Waals surface area contributed by atoms with Gasteiger partial charge in [0, 0.05) is 26.6 Å². The molecule has 0 radical (unpaired) electrons. The summed E-state index contributed by atoms with van der Waals surface area (Å²) in [4.78, 5) is 26.9. The van der Waals surface area contributed by atoms with Crippen molar-refractivity contribution in [2.45, 2.75) is 12.8 Å². The minimum atomic E-state index is -0.285. The number of nitrogens with two attached hydrogens (primary N) is 2. The molecular weight excluding hydrogens is 252 g/mol. The van der Waals surface area contributed by atoms with E-state index in [1.165, 1.54) is 0 Å². The quantitative estimate of drug-likeness (QED) is 0.601. The van der Waals surface area contributed by atoms with Crippen LogP contribution in [0.1, 0.15) is 12.8 Å². The second-order valence-corrected chi connectivity index (χ2v) is 5.18. The van der Waals surface area contributed by atoms with Gasteiger partial charge in [-0.1, -0.05) is 12.2 Å². The second-order valence-electron chi connectivity index (χ2n) is 4.65. The maximum atomic E-state index is 11.9. The van der Waals surface area contributed by atoms with Crippen LogP contribution in [0.15, 0.2) is 0 Å². The first-order valence-electron chi connectivity index (χ1n) is 5.94. The molecule has 2 amide bonds. The third-order valence-corrected chi connectivity index (χ3v) is 3.36. The number of primary amides is 1. The first-order valence-corrected chi connectivity index (χ1v) is 6.35. The van der Waals surface area contributed by atoms with Crippen LogP contribution in [0.5, 0.6) is 0 Å². The Morgan fingerprint density at radius 1 is 1.44 bits per heavy atom. The van der Waals surface area contributed by atoms with E-state index in [0.717, 1.165) is 13.0 Å². The van der Waals surface area contributed by atoms with Crippen molar-refractivity contribution in [2.24, 2.45) is 17.4 Å². The molecule has 1 aliphatic rings. The molecule has 1 atom stereocenters. The van der Waals surface area contributed by atoms with Gasteiger partial charge in [0.25, 0.3) is 0 Å². The molecule has 102 valence electrons. The molecule has 6 nitrogen and oxygen atoms in total. The highest BCUT2D eigenvalue weighted by Gasteiger charge is 2.28. The molecule has 0 spiro atoms. The molecular formula is C11H20N4O2S. The van der Waals surface area contributed by atoms with Crippen molar-refractivity contribution in [2.75, 3.05) is 33.2 Å². The third kappa shape index (κ3) is 4.58. The molecule has 1 rings (SSSR count). The monoisotopic (exact) mass is 272 g/mol. The van der Waals surface area contributed by atoms with Crippen LogP contribution < -0.4 is 11.5 Å². The van der Waals surface area contributed by atoms with E-state index in [1.54, 1.807) is 11.9 Å². The fourth-order valence-electron chi connectivity index (χ4n) is 1.92. The van der Waals surface area contributed by atoms with Crippen LogP contribution in [0.2, 0.25) is 0 Å². The zero-order chi connectivity index (χ0) is 13.7. The fourth-order valence-corrected chi connectivity index (χ4v) is 2.01. The van der Waals surface area contributed by atoms with Gasteiger partial charge in [-0.15, -0.1) is 0 Å². The highest BCUT2D eigenvalue weighted by Crippen LogP contribution is 2.15. The molecule has 0 aromatic rings. The summed E-state index contributed by atoms with van der Waals surface area (Å²) < 4.78 is 0. The lowest BCUT2D eigenvalue weighted by Crippen LogP contribution is -2.39. The Labute approximate surface area is 112 Å². The number of nitrogens with zero attached hydrogens (tertiary/aromatic N) is 2. The van der Waals surface area contributed by atoms with Crippen molar-refractivity contribution < 1.29 is 9.59 Å². The van der Waals surface area contributed by atoms with Crippen LogP contribution in [0.4, 0.5) is 0 Å². The van der Waals surface area contributed by atoms with Gasteiger partial charge in [-0.2, -0.15) is 0 Å². The maximum absolute atomic E-state index is 11.9. The highest BCUT2D eigenvalue weighted by atomic mass is 32.1. The topological polar surface area (TPSA) is 92.7 Å². The number of hydrogen-bond acceptors (Lipinski definition) is 4. The highest BCUT2D eigenvalue weighted by molar-refractivity contribution is 7.80. The molecule has 18 heavy (non-hydrogen) atoms. The number of likely N-dealkylation sites (N-methyl/N-ethyl adjacent to an activating group) is 1. The molecule has 4 N–H and O–H groups in total. The largest absolute Gasteiger partial charge is 0.393 e. The second kappa shape index (κ2) is 6.65.